The van der Waals surface area contributed by atoms with Gasteiger partial charge in [0.1, 0.15) is 54.3 Å². The molecule has 9 nitrogen and oxygen atoms in total. The fourth-order valence-corrected chi connectivity index (χ4v) is 6.26. The van der Waals surface area contributed by atoms with Gasteiger partial charge < -0.3 is 33.7 Å². The van der Waals surface area contributed by atoms with Crippen LogP contribution in [0.5, 0.6) is 28.7 Å². The highest BCUT2D eigenvalue weighted by atomic mass is 16.5. The van der Waals surface area contributed by atoms with E-state index < -0.39 is 0 Å². The first-order chi connectivity index (χ1) is 26.4. The van der Waals surface area contributed by atoms with Crippen molar-refractivity contribution in [1.29, 1.82) is 0 Å². The van der Waals surface area contributed by atoms with Gasteiger partial charge >= 0.3 is 0 Å². The standard InChI is InChI=1S/C45H46N2O7/c1-5-46(26-29-52-39-16-6-32(2)7-17-39)35-12-8-33(9-13-35)42-44(48)43(45(42)49)34-10-14-36(15-11-34)47(27-30-53-40-22-18-37(50-3)19-23-40)28-31-54-41-24-20-38(51-4)21-25-41/h6-25H,5,26-31H2,1-4H3/p+1. The lowest BCUT2D eigenvalue weighted by molar-refractivity contribution is -0.529. The van der Waals surface area contributed by atoms with Crippen LogP contribution >= 0.6 is 0 Å². The number of ether oxygens (including phenoxy) is 5. The molecule has 4 aromatic carbocycles. The van der Waals surface area contributed by atoms with Crippen molar-refractivity contribution in [3.63, 3.8) is 0 Å². The molecular formula is C45H47N2O7+. The Hall–Kier alpha value is -6.22. The van der Waals surface area contributed by atoms with Crippen molar-refractivity contribution in [2.45, 2.75) is 13.8 Å². The predicted octanol–water partition coefficient (Wildman–Crippen LogP) is 7.80. The normalized spacial score (nSPS) is 13.5. The molecule has 0 saturated carbocycles. The number of Topliss-reactive ketones (excluding diaryl/α,β-unsaturated/α-hetero) is 1. The Kier molecular flexibility index (Phi) is 12.5. The Balaban J connectivity index is 1.12. The monoisotopic (exact) mass is 727 g/mol. The van der Waals surface area contributed by atoms with Crippen molar-refractivity contribution in [3.05, 3.63) is 149 Å². The van der Waals surface area contributed by atoms with Crippen molar-refractivity contribution in [1.82, 2.24) is 0 Å². The third kappa shape index (κ3) is 9.22. The summed E-state index contributed by atoms with van der Waals surface area (Å²) in [6.07, 6.45) is 7.66. The summed E-state index contributed by atoms with van der Waals surface area (Å²) in [5.74, 6) is 3.72. The molecule has 0 fully saturated rings. The summed E-state index contributed by atoms with van der Waals surface area (Å²) in [7, 11) is 3.27. The molecule has 2 aliphatic carbocycles. The molecule has 0 atom stereocenters. The number of carbonyl (C=O) groups excluding carboxylic acids is 1. The number of methoxy groups -OCH3 is 2. The number of hydrogen-bond donors (Lipinski definition) is 1. The van der Waals surface area contributed by atoms with E-state index in [0.717, 1.165) is 46.7 Å². The van der Waals surface area contributed by atoms with Crippen molar-refractivity contribution in [3.8, 4) is 28.7 Å². The molecule has 0 unspecified atom stereocenters. The van der Waals surface area contributed by atoms with Gasteiger partial charge in [0.2, 0.25) is 5.78 Å². The second-order valence-corrected chi connectivity index (χ2v) is 12.8. The zero-order valence-electron chi connectivity index (χ0n) is 31.3. The van der Waals surface area contributed by atoms with Gasteiger partial charge in [-0.1, -0.05) is 29.8 Å². The molecule has 0 saturated heterocycles. The molecule has 0 bridgehead atoms. The molecule has 1 N–H and O–H groups in total. The van der Waals surface area contributed by atoms with Crippen molar-refractivity contribution in [2.75, 3.05) is 65.1 Å². The van der Waals surface area contributed by atoms with Crippen LogP contribution in [-0.4, -0.2) is 81.4 Å². The number of aliphatic hydroxyl groups excluding tert-OH is 1. The molecule has 6 rings (SSSR count). The summed E-state index contributed by atoms with van der Waals surface area (Å²) in [5.41, 5.74) is 5.16. The number of likely N-dealkylation sites (N-methyl/N-ethyl adjacent to an activating group) is 1. The van der Waals surface area contributed by atoms with Crippen LogP contribution in [-0.2, 0) is 4.79 Å². The maximum atomic E-state index is 13.5. The lowest BCUT2D eigenvalue weighted by Crippen LogP contribution is -2.29. The Morgan fingerprint density at radius 2 is 1.09 bits per heavy atom. The molecule has 4 aromatic rings. The molecule has 0 amide bonds. The van der Waals surface area contributed by atoms with Gasteiger partial charge in [-0.3, -0.25) is 4.79 Å². The first kappa shape index (κ1) is 37.5. The van der Waals surface area contributed by atoms with Gasteiger partial charge in [-0.05, 0) is 110 Å². The second kappa shape index (κ2) is 18.0. The van der Waals surface area contributed by atoms with Crippen LogP contribution in [0.2, 0.25) is 0 Å². The minimum Gasteiger partial charge on any atom is -0.506 e. The third-order valence-electron chi connectivity index (χ3n) is 9.38. The Morgan fingerprint density at radius 3 is 1.57 bits per heavy atom. The van der Waals surface area contributed by atoms with E-state index in [-0.39, 0.29) is 11.5 Å². The summed E-state index contributed by atoms with van der Waals surface area (Å²) >= 11 is 0. The number of aryl methyl sites for hydroxylation is 1. The molecule has 278 valence electrons. The molecule has 54 heavy (non-hydrogen) atoms. The van der Waals surface area contributed by atoms with Crippen LogP contribution < -0.4 is 28.6 Å². The number of aliphatic hydroxyl groups is 1. The fraction of sp³-hybridized carbons (Fsp3) is 0.244. The summed E-state index contributed by atoms with van der Waals surface area (Å²) in [5, 5.41) is 11.1. The number of carbonyl (C=O) groups is 1. The van der Waals surface area contributed by atoms with Crippen LogP contribution in [0.1, 0.15) is 18.1 Å². The first-order valence-electron chi connectivity index (χ1n) is 18.2. The lowest BCUT2D eigenvalue weighted by Gasteiger charge is -2.25. The number of nitrogens with zero attached hydrogens (tertiary/aromatic N) is 2. The Morgan fingerprint density at radius 1 is 0.611 bits per heavy atom. The van der Waals surface area contributed by atoms with Gasteiger partial charge in [-0.2, -0.15) is 0 Å². The molecule has 0 heterocycles. The van der Waals surface area contributed by atoms with Crippen molar-refractivity contribution in [2.24, 2.45) is 0 Å². The minimum atomic E-state index is -0.176. The van der Waals surface area contributed by atoms with Crippen molar-refractivity contribution < 1.29 is 38.2 Å². The number of hydrogen-bond acceptors (Lipinski definition) is 8. The van der Waals surface area contributed by atoms with E-state index in [4.69, 9.17) is 23.7 Å². The summed E-state index contributed by atoms with van der Waals surface area (Å²) in [4.78, 5) is 15.7. The highest BCUT2D eigenvalue weighted by Gasteiger charge is 2.36. The maximum absolute atomic E-state index is 13.5. The van der Waals surface area contributed by atoms with Crippen LogP contribution in [0.25, 0.3) is 5.57 Å². The van der Waals surface area contributed by atoms with E-state index in [1.807, 2.05) is 121 Å². The fourth-order valence-electron chi connectivity index (χ4n) is 6.26. The van der Waals surface area contributed by atoms with Crippen LogP contribution in [0.3, 0.4) is 0 Å². The molecule has 0 aromatic heterocycles. The van der Waals surface area contributed by atoms with Crippen LogP contribution in [0.15, 0.2) is 138 Å². The minimum absolute atomic E-state index is 0.0111. The zero-order valence-corrected chi connectivity index (χ0v) is 31.3. The smallest absolute Gasteiger partial charge is 0.201 e. The highest BCUT2D eigenvalue weighted by molar-refractivity contribution is 6.39. The molecule has 0 radical (unpaired) electrons. The maximum Gasteiger partial charge on any atom is 0.201 e. The largest absolute Gasteiger partial charge is 0.506 e. The van der Waals surface area contributed by atoms with Gasteiger partial charge in [0, 0.05) is 24.4 Å². The van der Waals surface area contributed by atoms with E-state index in [1.54, 1.807) is 14.2 Å². The van der Waals surface area contributed by atoms with E-state index in [1.165, 1.54) is 5.56 Å². The Labute approximate surface area is 317 Å². The summed E-state index contributed by atoms with van der Waals surface area (Å²) in [6, 6.07) is 30.8. The van der Waals surface area contributed by atoms with Gasteiger partial charge in [-0.25, -0.2) is 4.58 Å². The van der Waals surface area contributed by atoms with E-state index in [9.17, 15) is 9.90 Å². The predicted molar refractivity (Wildman–Crippen MR) is 213 cm³/mol. The average molecular weight is 728 g/mol. The number of anilines is 1. The average Bonchev–Trinajstić information content (AvgIpc) is 3.21. The number of allylic oxidation sites excluding steroid dienone is 7. The van der Waals surface area contributed by atoms with Crippen LogP contribution in [0, 0.1) is 6.92 Å². The number of ketones is 1. The molecule has 0 aliphatic heterocycles. The van der Waals surface area contributed by atoms with E-state index in [0.29, 0.717) is 61.7 Å². The molecule has 9 heteroatoms. The third-order valence-corrected chi connectivity index (χ3v) is 9.38. The quantitative estimate of drug-likeness (QED) is 0.0871. The topological polar surface area (TPSA) is 89.7 Å². The van der Waals surface area contributed by atoms with E-state index in [2.05, 4.69) is 23.3 Å². The zero-order chi connectivity index (χ0) is 37.9. The first-order valence-corrected chi connectivity index (χ1v) is 18.2. The molecular weight excluding hydrogens is 681 g/mol. The Bertz CT molecular complexity index is 1980. The van der Waals surface area contributed by atoms with Gasteiger partial charge in [0.25, 0.3) is 0 Å². The van der Waals surface area contributed by atoms with Crippen LogP contribution in [0.4, 0.5) is 5.69 Å². The van der Waals surface area contributed by atoms with Gasteiger partial charge in [0.15, 0.2) is 18.8 Å². The van der Waals surface area contributed by atoms with Crippen molar-refractivity contribution >= 4 is 22.8 Å². The molecule has 0 spiro atoms. The lowest BCUT2D eigenvalue weighted by atomic mass is 9.80. The van der Waals surface area contributed by atoms with Gasteiger partial charge in [-0.15, -0.1) is 0 Å². The number of rotatable bonds is 17. The van der Waals surface area contributed by atoms with E-state index >= 15 is 0 Å². The summed E-state index contributed by atoms with van der Waals surface area (Å²) < 4.78 is 30.7. The number of benzene rings is 4. The van der Waals surface area contributed by atoms with Gasteiger partial charge in [0.05, 0.1) is 31.9 Å². The molecule has 2 aliphatic rings. The second-order valence-electron chi connectivity index (χ2n) is 12.8. The highest BCUT2D eigenvalue weighted by Crippen LogP contribution is 2.39. The summed E-state index contributed by atoms with van der Waals surface area (Å²) in [6.45, 7) is 8.28. The SMILES string of the molecule is CCN(CCOc1ccc(C)cc1)c1ccc(C2=C(O)C(=C3C=CC(=[N+](CCOc4ccc(OC)cc4)CCOc4ccc(OC)cc4)C=C3)C2=O)cc1.